The average Bonchev–Trinajstić information content (AvgIpc) is 2.78. The molecule has 3 rings (SSSR count). The zero-order valence-corrected chi connectivity index (χ0v) is 15.3. The van der Waals surface area contributed by atoms with E-state index in [1.807, 2.05) is 24.3 Å². The van der Waals surface area contributed by atoms with Crippen LogP contribution in [0.15, 0.2) is 29.1 Å². The summed E-state index contributed by atoms with van der Waals surface area (Å²) in [7, 11) is 1.56. The molecule has 0 radical (unpaired) electrons. The number of aromatic nitrogens is 3. The summed E-state index contributed by atoms with van der Waals surface area (Å²) in [6.45, 7) is 0.588. The number of carbonyl (C=O) groups is 1. The fourth-order valence-corrected chi connectivity index (χ4v) is 3.28. The molecule has 0 bridgehead atoms. The number of amides is 1. The fourth-order valence-electron chi connectivity index (χ4n) is 3.28. The molecule has 0 spiro atoms. The molecular formula is C18H21F3N4O3. The number of aryl methyl sites for hydroxylation is 1. The first kappa shape index (κ1) is 20.0. The first-order valence-corrected chi connectivity index (χ1v) is 8.91. The Hall–Kier alpha value is -2.78. The van der Waals surface area contributed by atoms with Crippen LogP contribution in [-0.2, 0) is 24.3 Å². The number of ether oxygens (including phenoxy) is 1. The molecule has 1 aromatic heterocycles. The van der Waals surface area contributed by atoms with Gasteiger partial charge in [0.05, 0.1) is 13.7 Å². The van der Waals surface area contributed by atoms with Crippen molar-refractivity contribution >= 4 is 5.91 Å². The third-order valence-corrected chi connectivity index (χ3v) is 4.61. The summed E-state index contributed by atoms with van der Waals surface area (Å²) in [5.41, 5.74) is 0.590. The maximum absolute atomic E-state index is 12.6. The predicted octanol–water partition coefficient (Wildman–Crippen LogP) is 1.88. The number of rotatable bonds is 5. The lowest BCUT2D eigenvalue weighted by atomic mass is 10.1. The highest BCUT2D eigenvalue weighted by molar-refractivity contribution is 5.76. The molecule has 1 atom stereocenters. The third-order valence-electron chi connectivity index (χ3n) is 4.61. The monoisotopic (exact) mass is 398 g/mol. The Labute approximate surface area is 159 Å². The van der Waals surface area contributed by atoms with Crippen LogP contribution in [0.1, 0.15) is 30.7 Å². The number of nitrogens with one attached hydrogen (secondary N) is 1. The Bertz CT molecular complexity index is 904. The molecule has 0 saturated heterocycles. The van der Waals surface area contributed by atoms with Gasteiger partial charge < -0.3 is 10.1 Å². The second-order valence-electron chi connectivity index (χ2n) is 6.74. The highest BCUT2D eigenvalue weighted by Gasteiger charge is 2.32. The zero-order chi connectivity index (χ0) is 20.3. The third kappa shape index (κ3) is 4.93. The molecule has 2 aromatic rings. The molecule has 0 aliphatic carbocycles. The Morgan fingerprint density at radius 3 is 2.86 bits per heavy atom. The summed E-state index contributed by atoms with van der Waals surface area (Å²) < 4.78 is 45.0. The van der Waals surface area contributed by atoms with E-state index in [4.69, 9.17) is 4.74 Å². The summed E-state index contributed by atoms with van der Waals surface area (Å²) in [5.74, 6) is 0.205. The van der Waals surface area contributed by atoms with E-state index >= 15 is 0 Å². The smallest absolute Gasteiger partial charge is 0.397 e. The van der Waals surface area contributed by atoms with Crippen LogP contribution in [0.4, 0.5) is 13.2 Å². The lowest BCUT2D eigenvalue weighted by Gasteiger charge is -2.16. The second kappa shape index (κ2) is 8.07. The molecule has 0 fully saturated rings. The molecule has 1 amide bonds. The van der Waals surface area contributed by atoms with Crippen molar-refractivity contribution in [2.75, 3.05) is 7.11 Å². The lowest BCUT2D eigenvalue weighted by Crippen LogP contribution is -2.38. The number of alkyl halides is 3. The summed E-state index contributed by atoms with van der Waals surface area (Å²) in [4.78, 5) is 24.1. The molecule has 28 heavy (non-hydrogen) atoms. The molecule has 1 aliphatic heterocycles. The minimum atomic E-state index is -4.53. The summed E-state index contributed by atoms with van der Waals surface area (Å²) >= 11 is 0. The van der Waals surface area contributed by atoms with Gasteiger partial charge >= 0.3 is 11.9 Å². The lowest BCUT2D eigenvalue weighted by molar-refractivity contribution is -0.154. The van der Waals surface area contributed by atoms with Crippen molar-refractivity contribution in [3.8, 4) is 5.75 Å². The van der Waals surface area contributed by atoms with Gasteiger partial charge in [-0.05, 0) is 30.5 Å². The molecule has 152 valence electrons. The van der Waals surface area contributed by atoms with E-state index in [0.29, 0.717) is 43.9 Å². The van der Waals surface area contributed by atoms with Gasteiger partial charge in [0.2, 0.25) is 5.91 Å². The van der Waals surface area contributed by atoms with Gasteiger partial charge in [0, 0.05) is 19.0 Å². The van der Waals surface area contributed by atoms with Crippen LogP contribution in [0.3, 0.4) is 0 Å². The van der Waals surface area contributed by atoms with Gasteiger partial charge in [-0.1, -0.05) is 12.1 Å². The van der Waals surface area contributed by atoms with Gasteiger partial charge in [-0.25, -0.2) is 9.48 Å². The summed E-state index contributed by atoms with van der Waals surface area (Å²) in [6, 6.07) is 6.91. The molecular weight excluding hydrogens is 377 g/mol. The first-order chi connectivity index (χ1) is 13.2. The maximum Gasteiger partial charge on any atom is 0.397 e. The predicted molar refractivity (Wildman–Crippen MR) is 94.1 cm³/mol. The number of methoxy groups -OCH3 is 1. The molecule has 1 aliphatic rings. The van der Waals surface area contributed by atoms with Crippen molar-refractivity contribution < 1.29 is 22.7 Å². The van der Waals surface area contributed by atoms with Crippen LogP contribution in [0.25, 0.3) is 0 Å². The normalized spacial score (nSPS) is 16.9. The van der Waals surface area contributed by atoms with Crippen LogP contribution >= 0.6 is 0 Å². The van der Waals surface area contributed by atoms with Crippen LogP contribution in [-0.4, -0.2) is 39.6 Å². The van der Waals surface area contributed by atoms with Gasteiger partial charge in [-0.3, -0.25) is 9.36 Å². The van der Waals surface area contributed by atoms with Gasteiger partial charge in [0.25, 0.3) is 0 Å². The second-order valence-corrected chi connectivity index (χ2v) is 6.74. The van der Waals surface area contributed by atoms with Gasteiger partial charge in [-0.2, -0.15) is 18.3 Å². The zero-order valence-electron chi connectivity index (χ0n) is 15.3. The minimum Gasteiger partial charge on any atom is -0.497 e. The molecule has 1 N–H and O–H groups in total. The number of fused-ring (bicyclic) bond motifs is 1. The van der Waals surface area contributed by atoms with Crippen LogP contribution in [0.5, 0.6) is 5.75 Å². The Balaban J connectivity index is 1.66. The van der Waals surface area contributed by atoms with Crippen molar-refractivity contribution in [1.82, 2.24) is 19.7 Å². The highest BCUT2D eigenvalue weighted by Crippen LogP contribution is 2.20. The Morgan fingerprint density at radius 1 is 1.36 bits per heavy atom. The van der Waals surface area contributed by atoms with Gasteiger partial charge in [0.15, 0.2) is 0 Å². The molecule has 1 unspecified atom stereocenters. The van der Waals surface area contributed by atoms with E-state index in [9.17, 15) is 22.8 Å². The summed E-state index contributed by atoms with van der Waals surface area (Å²) in [5, 5.41) is 6.77. The van der Waals surface area contributed by atoms with Crippen molar-refractivity contribution in [2.45, 2.75) is 51.0 Å². The van der Waals surface area contributed by atoms with E-state index in [1.54, 1.807) is 7.11 Å². The number of nitrogens with zero attached hydrogens (tertiary/aromatic N) is 3. The quantitative estimate of drug-likeness (QED) is 0.834. The van der Waals surface area contributed by atoms with Crippen molar-refractivity contribution in [1.29, 1.82) is 0 Å². The number of hydrogen-bond acceptors (Lipinski definition) is 4. The Kier molecular flexibility index (Phi) is 5.76. The topological polar surface area (TPSA) is 78.2 Å². The Morgan fingerprint density at radius 2 is 2.14 bits per heavy atom. The maximum atomic E-state index is 12.6. The van der Waals surface area contributed by atoms with E-state index in [1.165, 1.54) is 9.25 Å². The molecule has 0 saturated carbocycles. The van der Waals surface area contributed by atoms with E-state index in [0.717, 1.165) is 5.56 Å². The number of carbonyl (C=O) groups excluding carboxylic acids is 1. The number of hydrogen-bond donors (Lipinski definition) is 1. The fraction of sp³-hybridized carbons (Fsp3) is 0.500. The highest BCUT2D eigenvalue weighted by atomic mass is 19.4. The van der Waals surface area contributed by atoms with Crippen LogP contribution in [0, 0.1) is 0 Å². The molecule has 10 heteroatoms. The number of benzene rings is 1. The number of halogens is 3. The molecule has 2 heterocycles. The first-order valence-electron chi connectivity index (χ1n) is 8.91. The van der Waals surface area contributed by atoms with Gasteiger partial charge in [0.1, 0.15) is 18.0 Å². The van der Waals surface area contributed by atoms with E-state index in [2.05, 4.69) is 10.4 Å². The van der Waals surface area contributed by atoms with Crippen molar-refractivity contribution in [2.24, 2.45) is 0 Å². The molecule has 7 nitrogen and oxygen atoms in total. The summed E-state index contributed by atoms with van der Waals surface area (Å²) in [6.07, 6.45) is -4.82. The minimum absolute atomic E-state index is 0.278. The largest absolute Gasteiger partial charge is 0.497 e. The SMILES string of the molecule is COc1cccc(Cn2nc3n(c2=O)CCC(NC(=O)CC(F)(F)F)CC3)c1. The molecule has 1 aromatic carbocycles. The van der Waals surface area contributed by atoms with Crippen molar-refractivity contribution in [3.63, 3.8) is 0 Å². The van der Waals surface area contributed by atoms with E-state index < -0.39 is 24.5 Å². The van der Waals surface area contributed by atoms with Gasteiger partial charge in [-0.15, -0.1) is 0 Å². The van der Waals surface area contributed by atoms with Crippen LogP contribution < -0.4 is 15.7 Å². The average molecular weight is 398 g/mol. The van der Waals surface area contributed by atoms with E-state index in [-0.39, 0.29) is 5.69 Å². The standard InChI is InChI=1S/C18H21F3N4O3/c1-28-14-4-2-3-12(9-14)11-25-17(27)24-8-7-13(5-6-15(24)23-25)22-16(26)10-18(19,20)21/h2-4,9,13H,5-8,10-11H2,1H3,(H,22,26). The van der Waals surface area contributed by atoms with Crippen LogP contribution in [0.2, 0.25) is 0 Å². The van der Waals surface area contributed by atoms with Crippen molar-refractivity contribution in [3.05, 3.63) is 46.1 Å².